The molecule has 0 aromatic carbocycles. The molecule has 1 aromatic heterocycles. The summed E-state index contributed by atoms with van der Waals surface area (Å²) in [6.07, 6.45) is 6.71. The molecule has 1 aliphatic carbocycles. The van der Waals surface area contributed by atoms with Crippen molar-refractivity contribution in [2.45, 2.75) is 57.5 Å². The van der Waals surface area contributed by atoms with Crippen LogP contribution < -0.4 is 20.5 Å². The van der Waals surface area contributed by atoms with E-state index >= 15 is 0 Å². The van der Waals surface area contributed by atoms with E-state index in [1.807, 2.05) is 0 Å². The van der Waals surface area contributed by atoms with Gasteiger partial charge in [-0.3, -0.25) is 19.2 Å². The fourth-order valence-electron chi connectivity index (χ4n) is 3.48. The number of aromatic nitrogens is 2. The first kappa shape index (κ1) is 18.8. The first-order chi connectivity index (χ1) is 12.3. The Kier molecular flexibility index (Phi) is 5.61. The first-order valence-corrected chi connectivity index (χ1v) is 10.7. The van der Waals surface area contributed by atoms with Gasteiger partial charge in [0.15, 0.2) is 0 Å². The number of hydrogen-bond donors (Lipinski definition) is 2. The molecule has 1 atom stereocenters. The number of carbonyl (C=O) groups excluding carboxylic acids is 1. The van der Waals surface area contributed by atoms with Gasteiger partial charge in [0.2, 0.25) is 5.91 Å². The maximum atomic E-state index is 12.4. The summed E-state index contributed by atoms with van der Waals surface area (Å²) in [5, 5.41) is 10.2. The summed E-state index contributed by atoms with van der Waals surface area (Å²) in [6, 6.07) is 0. The van der Waals surface area contributed by atoms with Crippen LogP contribution in [0.1, 0.15) is 48.9 Å². The minimum Gasteiger partial charge on any atom is -0.340 e. The van der Waals surface area contributed by atoms with E-state index in [1.54, 1.807) is 0 Å². The third kappa shape index (κ3) is 4.61. The second kappa shape index (κ2) is 7.75. The van der Waals surface area contributed by atoms with Crippen LogP contribution in [-0.2, 0) is 34.2 Å². The number of hydrogen-bond acceptors (Lipinski definition) is 7. The number of rotatable bonds is 5. The molecule has 1 fully saturated rings. The molecule has 3 rings (SSSR count). The standard InChI is InChI=1S/C16H24N4O5S/c1-26(23,24)25-20-16(22)12-7-3-2-6-11(12)13(19-20)10-15(21)18-14-8-4-5-9-17-14/h14,17H,2-10H2,1H3,(H,18,21). The van der Waals surface area contributed by atoms with Crippen LogP contribution in [0.3, 0.4) is 0 Å². The SMILES string of the molecule is CS(=O)(=O)On1nc(CC(=O)NC2CCCCN2)c2c(c1=O)CCCC2. The van der Waals surface area contributed by atoms with Gasteiger partial charge < -0.3 is 5.32 Å². The molecule has 0 bridgehead atoms. The van der Waals surface area contributed by atoms with Crippen molar-refractivity contribution in [2.75, 3.05) is 12.8 Å². The van der Waals surface area contributed by atoms with Crippen LogP contribution in [0.5, 0.6) is 0 Å². The van der Waals surface area contributed by atoms with Crippen LogP contribution in [0.25, 0.3) is 0 Å². The highest BCUT2D eigenvalue weighted by Crippen LogP contribution is 2.21. The first-order valence-electron chi connectivity index (χ1n) is 8.90. The van der Waals surface area contributed by atoms with E-state index in [9.17, 15) is 18.0 Å². The largest absolute Gasteiger partial charge is 0.340 e. The predicted octanol–water partition coefficient (Wildman–Crippen LogP) is -0.731. The van der Waals surface area contributed by atoms with Gasteiger partial charge in [-0.1, -0.05) is 0 Å². The van der Waals surface area contributed by atoms with Gasteiger partial charge >= 0.3 is 15.7 Å². The number of carbonyl (C=O) groups is 1. The minimum atomic E-state index is -3.90. The molecule has 2 N–H and O–H groups in total. The number of piperidine rings is 1. The fraction of sp³-hybridized carbons (Fsp3) is 0.688. The molecule has 1 aromatic rings. The molecule has 1 aliphatic heterocycles. The van der Waals surface area contributed by atoms with Gasteiger partial charge in [0.05, 0.1) is 24.5 Å². The Balaban J connectivity index is 1.86. The van der Waals surface area contributed by atoms with Gasteiger partial charge in [0.1, 0.15) is 0 Å². The van der Waals surface area contributed by atoms with Crippen LogP contribution >= 0.6 is 0 Å². The average molecular weight is 384 g/mol. The topological polar surface area (TPSA) is 119 Å². The van der Waals surface area contributed by atoms with Crippen LogP contribution in [0.15, 0.2) is 4.79 Å². The van der Waals surface area contributed by atoms with Gasteiger partial charge in [-0.2, -0.15) is 8.42 Å². The third-order valence-electron chi connectivity index (χ3n) is 4.64. The average Bonchev–Trinajstić information content (AvgIpc) is 2.59. The van der Waals surface area contributed by atoms with E-state index < -0.39 is 15.7 Å². The molecule has 0 saturated carbocycles. The van der Waals surface area contributed by atoms with Crippen molar-refractivity contribution in [3.05, 3.63) is 27.2 Å². The molecule has 26 heavy (non-hydrogen) atoms. The van der Waals surface area contributed by atoms with E-state index in [0.29, 0.717) is 28.9 Å². The van der Waals surface area contributed by atoms with E-state index in [0.717, 1.165) is 50.5 Å². The lowest BCUT2D eigenvalue weighted by atomic mass is 9.91. The zero-order valence-electron chi connectivity index (χ0n) is 14.8. The van der Waals surface area contributed by atoms with Crippen molar-refractivity contribution in [1.82, 2.24) is 20.6 Å². The van der Waals surface area contributed by atoms with Gasteiger partial charge in [-0.15, -0.1) is 5.10 Å². The van der Waals surface area contributed by atoms with Gasteiger partial charge in [0.25, 0.3) is 0 Å². The lowest BCUT2D eigenvalue weighted by Gasteiger charge is -2.25. The van der Waals surface area contributed by atoms with E-state index in [-0.39, 0.29) is 18.5 Å². The quantitative estimate of drug-likeness (QED) is 0.687. The smallest absolute Gasteiger partial charge is 0.325 e. The van der Waals surface area contributed by atoms with Crippen LogP contribution in [0.4, 0.5) is 0 Å². The van der Waals surface area contributed by atoms with E-state index in [4.69, 9.17) is 4.28 Å². The van der Waals surface area contributed by atoms with Crippen molar-refractivity contribution in [1.29, 1.82) is 0 Å². The highest BCUT2D eigenvalue weighted by atomic mass is 32.2. The van der Waals surface area contributed by atoms with Gasteiger partial charge in [0, 0.05) is 5.56 Å². The Hall–Kier alpha value is -1.94. The normalized spacial score (nSPS) is 20.3. The summed E-state index contributed by atoms with van der Waals surface area (Å²) < 4.78 is 27.5. The van der Waals surface area contributed by atoms with Crippen molar-refractivity contribution >= 4 is 16.0 Å². The lowest BCUT2D eigenvalue weighted by Crippen LogP contribution is -2.48. The second-order valence-corrected chi connectivity index (χ2v) is 8.37. The molecular formula is C16H24N4O5S. The molecule has 1 unspecified atom stereocenters. The maximum Gasteiger partial charge on any atom is 0.325 e. The minimum absolute atomic E-state index is 0.0199. The Labute approximate surface area is 152 Å². The summed E-state index contributed by atoms with van der Waals surface area (Å²) in [5.41, 5.74) is 1.08. The molecule has 1 saturated heterocycles. The fourth-order valence-corrected chi connectivity index (χ4v) is 3.84. The third-order valence-corrected chi connectivity index (χ3v) is 5.05. The second-order valence-electron chi connectivity index (χ2n) is 6.81. The lowest BCUT2D eigenvalue weighted by molar-refractivity contribution is -0.121. The van der Waals surface area contributed by atoms with Crippen LogP contribution in [0.2, 0.25) is 0 Å². The molecule has 1 amide bonds. The van der Waals surface area contributed by atoms with Gasteiger partial charge in [-0.25, -0.2) is 0 Å². The number of fused-ring (bicyclic) bond motifs is 1. The summed E-state index contributed by atoms with van der Waals surface area (Å²) in [5.74, 6) is -0.214. The Morgan fingerprint density at radius 1 is 1.27 bits per heavy atom. The molecule has 144 valence electrons. The summed E-state index contributed by atoms with van der Waals surface area (Å²) in [4.78, 5) is 25.4. The molecule has 9 nitrogen and oxygen atoms in total. The molecule has 0 spiro atoms. The van der Waals surface area contributed by atoms with E-state index in [2.05, 4.69) is 15.7 Å². The van der Waals surface area contributed by atoms with Gasteiger partial charge in [-0.05, 0) is 61.9 Å². The Morgan fingerprint density at radius 3 is 2.65 bits per heavy atom. The number of nitrogens with zero attached hydrogens (tertiary/aromatic N) is 2. The zero-order valence-corrected chi connectivity index (χ0v) is 15.6. The van der Waals surface area contributed by atoms with Crippen molar-refractivity contribution in [2.24, 2.45) is 0 Å². The Bertz CT molecular complexity index is 843. The highest BCUT2D eigenvalue weighted by Gasteiger charge is 2.24. The molecule has 2 aliphatic rings. The molecule has 0 radical (unpaired) electrons. The van der Waals surface area contributed by atoms with Crippen molar-refractivity contribution < 1.29 is 17.5 Å². The summed E-state index contributed by atoms with van der Waals surface area (Å²) in [6.45, 7) is 0.867. The van der Waals surface area contributed by atoms with E-state index in [1.165, 1.54) is 0 Å². The Morgan fingerprint density at radius 2 is 2.00 bits per heavy atom. The summed E-state index contributed by atoms with van der Waals surface area (Å²) in [7, 11) is -3.90. The molecule has 10 heteroatoms. The molecular weight excluding hydrogens is 360 g/mol. The predicted molar refractivity (Wildman–Crippen MR) is 94.1 cm³/mol. The molecule has 2 heterocycles. The zero-order chi connectivity index (χ0) is 18.7. The van der Waals surface area contributed by atoms with Crippen molar-refractivity contribution in [3.63, 3.8) is 0 Å². The maximum absolute atomic E-state index is 12.4. The number of amides is 1. The monoisotopic (exact) mass is 384 g/mol. The summed E-state index contributed by atoms with van der Waals surface area (Å²) >= 11 is 0. The van der Waals surface area contributed by atoms with Crippen LogP contribution in [-0.4, -0.2) is 43.2 Å². The van der Waals surface area contributed by atoms with Crippen molar-refractivity contribution in [3.8, 4) is 0 Å². The number of nitrogens with one attached hydrogen (secondary N) is 2. The van der Waals surface area contributed by atoms with Crippen LogP contribution in [0, 0.1) is 0 Å². The highest BCUT2D eigenvalue weighted by molar-refractivity contribution is 7.86.